The van der Waals surface area contributed by atoms with Crippen LogP contribution in [0, 0.1) is 0 Å². The van der Waals surface area contributed by atoms with Crippen molar-refractivity contribution >= 4 is 33.3 Å². The topological polar surface area (TPSA) is 76.3 Å². The van der Waals surface area contributed by atoms with Crippen molar-refractivity contribution in [2.45, 2.75) is 6.04 Å². The fourth-order valence-electron chi connectivity index (χ4n) is 3.31. The molecule has 1 aliphatic rings. The third-order valence-electron chi connectivity index (χ3n) is 4.42. The highest BCUT2D eigenvalue weighted by atomic mass is 32.1. The minimum absolute atomic E-state index is 0.0747. The summed E-state index contributed by atoms with van der Waals surface area (Å²) in [5, 5.41) is 2.77. The van der Waals surface area contributed by atoms with Gasteiger partial charge in [-0.3, -0.25) is 19.5 Å². The summed E-state index contributed by atoms with van der Waals surface area (Å²) in [6.07, 6.45) is 4.91. The second-order valence-corrected chi connectivity index (χ2v) is 6.72. The van der Waals surface area contributed by atoms with E-state index in [0.29, 0.717) is 21.7 Å². The van der Waals surface area contributed by atoms with Crippen molar-refractivity contribution < 1.29 is 9.21 Å². The predicted octanol–water partition coefficient (Wildman–Crippen LogP) is 3.39. The maximum absolute atomic E-state index is 13.2. The summed E-state index contributed by atoms with van der Waals surface area (Å²) in [6, 6.07) is 9.95. The SMILES string of the molecule is O=C1c2oc3ccccc3c(=O)c2[C@H](c2ccncc2)N1c1nccs1. The molecular formula is C19H11N3O3S. The van der Waals surface area contributed by atoms with Gasteiger partial charge in [0.1, 0.15) is 5.58 Å². The molecule has 1 aromatic carbocycles. The number of carbonyl (C=O) groups excluding carboxylic acids is 1. The zero-order valence-electron chi connectivity index (χ0n) is 13.3. The van der Waals surface area contributed by atoms with E-state index in [9.17, 15) is 9.59 Å². The monoisotopic (exact) mass is 361 g/mol. The van der Waals surface area contributed by atoms with Crippen LogP contribution in [0.5, 0.6) is 0 Å². The Balaban J connectivity index is 1.85. The minimum atomic E-state index is -0.590. The number of anilines is 1. The molecule has 0 N–H and O–H groups in total. The summed E-state index contributed by atoms with van der Waals surface area (Å²) in [4.78, 5) is 36.1. The third-order valence-corrected chi connectivity index (χ3v) is 5.20. The first-order valence-corrected chi connectivity index (χ1v) is 8.82. The molecule has 26 heavy (non-hydrogen) atoms. The number of fused-ring (bicyclic) bond motifs is 2. The lowest BCUT2D eigenvalue weighted by atomic mass is 10.00. The van der Waals surface area contributed by atoms with Gasteiger partial charge in [-0.15, -0.1) is 11.3 Å². The quantitative estimate of drug-likeness (QED) is 0.547. The normalized spacial score (nSPS) is 16.2. The van der Waals surface area contributed by atoms with E-state index >= 15 is 0 Å². The number of pyridine rings is 1. The van der Waals surface area contributed by atoms with E-state index in [4.69, 9.17) is 4.42 Å². The number of carbonyl (C=O) groups is 1. The van der Waals surface area contributed by atoms with Crippen LogP contribution in [0.2, 0.25) is 0 Å². The summed E-state index contributed by atoms with van der Waals surface area (Å²) in [7, 11) is 0. The molecule has 6 nitrogen and oxygen atoms in total. The molecule has 7 heteroatoms. The number of rotatable bonds is 2. The Morgan fingerprint density at radius 1 is 1.04 bits per heavy atom. The van der Waals surface area contributed by atoms with Gasteiger partial charge in [-0.1, -0.05) is 12.1 Å². The van der Waals surface area contributed by atoms with Gasteiger partial charge in [-0.2, -0.15) is 0 Å². The molecule has 0 fully saturated rings. The Morgan fingerprint density at radius 2 is 1.85 bits per heavy atom. The highest BCUT2D eigenvalue weighted by Crippen LogP contribution is 2.41. The summed E-state index contributed by atoms with van der Waals surface area (Å²) < 4.78 is 5.85. The molecule has 0 saturated heterocycles. The number of para-hydroxylation sites is 1. The Hall–Kier alpha value is -3.32. The number of hydrogen-bond donors (Lipinski definition) is 0. The Morgan fingerprint density at radius 3 is 2.62 bits per heavy atom. The lowest BCUT2D eigenvalue weighted by Gasteiger charge is -2.22. The number of thiazole rings is 1. The second-order valence-electron chi connectivity index (χ2n) is 5.84. The van der Waals surface area contributed by atoms with Gasteiger partial charge in [0.05, 0.1) is 17.0 Å². The van der Waals surface area contributed by atoms with Crippen LogP contribution >= 0.6 is 11.3 Å². The van der Waals surface area contributed by atoms with E-state index in [2.05, 4.69) is 9.97 Å². The van der Waals surface area contributed by atoms with Crippen molar-refractivity contribution in [3.05, 3.63) is 87.5 Å². The van der Waals surface area contributed by atoms with Crippen LogP contribution in [0.1, 0.15) is 27.7 Å². The van der Waals surface area contributed by atoms with Crippen molar-refractivity contribution in [3.63, 3.8) is 0 Å². The number of amides is 1. The largest absolute Gasteiger partial charge is 0.450 e. The fraction of sp³-hybridized carbons (Fsp3) is 0.0526. The third kappa shape index (κ3) is 2.04. The number of benzene rings is 1. The van der Waals surface area contributed by atoms with Crippen LogP contribution in [0.4, 0.5) is 5.13 Å². The first-order chi connectivity index (χ1) is 12.8. The molecular weight excluding hydrogens is 350 g/mol. The second kappa shape index (κ2) is 5.60. The maximum Gasteiger partial charge on any atom is 0.297 e. The molecule has 0 unspecified atom stereocenters. The van der Waals surface area contributed by atoms with Crippen molar-refractivity contribution in [2.75, 3.05) is 4.90 Å². The zero-order chi connectivity index (χ0) is 17.7. The molecule has 5 rings (SSSR count). The molecule has 1 aliphatic heterocycles. The molecule has 1 atom stereocenters. The van der Waals surface area contributed by atoms with Crippen molar-refractivity contribution in [1.82, 2.24) is 9.97 Å². The molecule has 1 amide bonds. The van der Waals surface area contributed by atoms with E-state index in [-0.39, 0.29) is 17.1 Å². The summed E-state index contributed by atoms with van der Waals surface area (Å²) in [6.45, 7) is 0. The molecule has 4 aromatic rings. The standard InChI is InChI=1S/C19H11N3O3S/c23-16-12-3-1-2-4-13(12)25-17-14(16)15(11-5-7-20-8-6-11)22(18(17)24)19-21-9-10-26-19/h1-10,15H/t15-/m0/s1. The van der Waals surface area contributed by atoms with E-state index in [1.807, 2.05) is 0 Å². The maximum atomic E-state index is 13.2. The average molecular weight is 361 g/mol. The summed E-state index contributed by atoms with van der Waals surface area (Å²) in [5.74, 6) is -0.287. The molecule has 0 spiro atoms. The summed E-state index contributed by atoms with van der Waals surface area (Å²) >= 11 is 1.34. The van der Waals surface area contributed by atoms with Crippen molar-refractivity contribution in [3.8, 4) is 0 Å². The van der Waals surface area contributed by atoms with Gasteiger partial charge < -0.3 is 4.42 Å². The fourth-order valence-corrected chi connectivity index (χ4v) is 3.98. The van der Waals surface area contributed by atoms with E-state index < -0.39 is 6.04 Å². The number of hydrogen-bond acceptors (Lipinski definition) is 6. The van der Waals surface area contributed by atoms with Crippen LogP contribution in [0.3, 0.4) is 0 Å². The van der Waals surface area contributed by atoms with Gasteiger partial charge >= 0.3 is 0 Å². The molecule has 4 heterocycles. The van der Waals surface area contributed by atoms with Gasteiger partial charge in [0.25, 0.3) is 5.91 Å². The van der Waals surface area contributed by atoms with Gasteiger partial charge in [0, 0.05) is 24.0 Å². The minimum Gasteiger partial charge on any atom is -0.450 e. The highest BCUT2D eigenvalue weighted by molar-refractivity contribution is 7.13. The van der Waals surface area contributed by atoms with E-state index in [1.165, 1.54) is 16.2 Å². The lowest BCUT2D eigenvalue weighted by Crippen LogP contribution is -2.29. The Labute approximate surface area is 151 Å². The van der Waals surface area contributed by atoms with Crippen molar-refractivity contribution in [1.29, 1.82) is 0 Å². The smallest absolute Gasteiger partial charge is 0.297 e. The number of aromatic nitrogens is 2. The predicted molar refractivity (Wildman–Crippen MR) is 97.5 cm³/mol. The first-order valence-electron chi connectivity index (χ1n) is 7.94. The molecule has 0 bridgehead atoms. The lowest BCUT2D eigenvalue weighted by molar-refractivity contribution is 0.0971. The van der Waals surface area contributed by atoms with Crippen LogP contribution in [-0.4, -0.2) is 15.9 Å². The molecule has 126 valence electrons. The molecule has 0 radical (unpaired) electrons. The van der Waals surface area contributed by atoms with Gasteiger partial charge in [-0.25, -0.2) is 4.98 Å². The van der Waals surface area contributed by atoms with Crippen LogP contribution in [0.25, 0.3) is 11.0 Å². The Kier molecular flexibility index (Phi) is 3.23. The highest BCUT2D eigenvalue weighted by Gasteiger charge is 2.44. The molecule has 0 saturated carbocycles. The average Bonchev–Trinajstić information content (AvgIpc) is 3.30. The Bertz CT molecular complexity index is 1190. The van der Waals surface area contributed by atoms with Gasteiger partial charge in [0.15, 0.2) is 10.6 Å². The van der Waals surface area contributed by atoms with Crippen LogP contribution in [-0.2, 0) is 0 Å². The van der Waals surface area contributed by atoms with Gasteiger partial charge in [-0.05, 0) is 29.8 Å². The van der Waals surface area contributed by atoms with E-state index in [1.54, 1.807) is 60.4 Å². The van der Waals surface area contributed by atoms with E-state index in [0.717, 1.165) is 5.56 Å². The van der Waals surface area contributed by atoms with Crippen LogP contribution < -0.4 is 10.3 Å². The number of nitrogens with zero attached hydrogens (tertiary/aromatic N) is 3. The molecule has 0 aliphatic carbocycles. The van der Waals surface area contributed by atoms with Crippen molar-refractivity contribution in [2.24, 2.45) is 0 Å². The van der Waals surface area contributed by atoms with Gasteiger partial charge in [0.2, 0.25) is 5.76 Å². The molecule has 3 aromatic heterocycles. The summed E-state index contributed by atoms with van der Waals surface area (Å²) in [5.41, 5.74) is 1.33. The zero-order valence-corrected chi connectivity index (χ0v) is 14.1. The van der Waals surface area contributed by atoms with Crippen LogP contribution in [0.15, 0.2) is 69.6 Å². The first kappa shape index (κ1) is 15.0.